The second-order valence-electron chi connectivity index (χ2n) is 7.00. The van der Waals surface area contributed by atoms with E-state index in [9.17, 15) is 17.6 Å². The largest absolute Gasteiger partial charge is 0.290 e. The zero-order valence-electron chi connectivity index (χ0n) is 15.9. The number of rotatable bonds is 5. The predicted octanol–water partition coefficient (Wildman–Crippen LogP) is 2.70. The number of amides is 1. The first-order chi connectivity index (χ1) is 14.4. The van der Waals surface area contributed by atoms with Gasteiger partial charge in [-0.25, -0.2) is 27.5 Å². The van der Waals surface area contributed by atoms with Crippen molar-refractivity contribution < 1.29 is 17.6 Å². The van der Waals surface area contributed by atoms with Gasteiger partial charge in [0.05, 0.1) is 4.90 Å². The van der Waals surface area contributed by atoms with Crippen molar-refractivity contribution in [3.8, 4) is 0 Å². The van der Waals surface area contributed by atoms with E-state index < -0.39 is 21.7 Å². The van der Waals surface area contributed by atoms with Crippen LogP contribution in [-0.2, 0) is 22.9 Å². The van der Waals surface area contributed by atoms with Gasteiger partial charge in [0.2, 0.25) is 16.0 Å². The molecule has 0 aliphatic heterocycles. The Bertz CT molecular complexity index is 1170. The topological polar surface area (TPSA) is 101 Å². The molecule has 1 aliphatic rings. The minimum absolute atomic E-state index is 0.159. The predicted molar refractivity (Wildman–Crippen MR) is 109 cm³/mol. The molecule has 0 bridgehead atoms. The molecule has 7 nitrogen and oxygen atoms in total. The monoisotopic (exact) mass is 426 g/mol. The number of hydrogen-bond donors (Lipinski definition) is 2. The van der Waals surface area contributed by atoms with Crippen molar-refractivity contribution >= 4 is 21.9 Å². The summed E-state index contributed by atoms with van der Waals surface area (Å²) < 4.78 is 40.8. The van der Waals surface area contributed by atoms with E-state index in [4.69, 9.17) is 0 Å². The molecule has 1 amide bonds. The summed E-state index contributed by atoms with van der Waals surface area (Å²) in [6.07, 6.45) is 3.21. The molecule has 0 saturated carbocycles. The molecule has 30 heavy (non-hydrogen) atoms. The van der Waals surface area contributed by atoms with E-state index in [1.54, 1.807) is 36.5 Å². The number of carbonyl (C=O) groups excluding carboxylic acids is 1. The van der Waals surface area contributed by atoms with E-state index in [-0.39, 0.29) is 16.9 Å². The Kier molecular flexibility index (Phi) is 5.56. The Morgan fingerprint density at radius 1 is 1.07 bits per heavy atom. The number of benzene rings is 2. The van der Waals surface area contributed by atoms with Crippen LogP contribution in [0.3, 0.4) is 0 Å². The number of halogens is 1. The molecule has 2 N–H and O–H groups in total. The van der Waals surface area contributed by atoms with Crippen molar-refractivity contribution in [2.75, 3.05) is 5.32 Å². The van der Waals surface area contributed by atoms with E-state index in [0.717, 1.165) is 11.3 Å². The molecule has 4 rings (SSSR count). The minimum atomic E-state index is -3.59. The average molecular weight is 426 g/mol. The Morgan fingerprint density at radius 3 is 2.53 bits per heavy atom. The summed E-state index contributed by atoms with van der Waals surface area (Å²) in [5, 5.41) is 2.60. The van der Waals surface area contributed by atoms with Gasteiger partial charge in [-0.2, -0.15) is 0 Å². The fraction of sp³-hybridized carbons (Fsp3) is 0.190. The number of aryl methyl sites for hydroxylation is 1. The number of nitrogens with zero attached hydrogens (tertiary/aromatic N) is 2. The third-order valence-electron chi connectivity index (χ3n) is 4.86. The van der Waals surface area contributed by atoms with Gasteiger partial charge in [0.1, 0.15) is 5.82 Å². The normalized spacial score (nSPS) is 16.0. The summed E-state index contributed by atoms with van der Waals surface area (Å²) in [7, 11) is -3.59. The molecular weight excluding hydrogens is 407 g/mol. The summed E-state index contributed by atoms with van der Waals surface area (Å²) in [6.45, 7) is 0. The zero-order chi connectivity index (χ0) is 21.1. The number of nitrogens with one attached hydrogen (secondary N) is 2. The van der Waals surface area contributed by atoms with Crippen molar-refractivity contribution in [1.29, 1.82) is 0 Å². The van der Waals surface area contributed by atoms with Gasteiger partial charge in [-0.3, -0.25) is 10.1 Å². The second-order valence-corrected chi connectivity index (χ2v) is 8.71. The lowest BCUT2D eigenvalue weighted by molar-refractivity contribution is 0.102. The molecule has 1 heterocycles. The molecule has 9 heteroatoms. The van der Waals surface area contributed by atoms with Crippen LogP contribution in [0.1, 0.15) is 28.0 Å². The van der Waals surface area contributed by atoms with Gasteiger partial charge in [-0.1, -0.05) is 18.2 Å². The van der Waals surface area contributed by atoms with Crippen molar-refractivity contribution in [3.63, 3.8) is 0 Å². The number of aromatic nitrogens is 2. The number of anilines is 1. The van der Waals surface area contributed by atoms with Crippen LogP contribution in [0.15, 0.2) is 65.7 Å². The molecule has 0 fully saturated rings. The Labute approximate surface area is 173 Å². The van der Waals surface area contributed by atoms with Crippen LogP contribution in [0.4, 0.5) is 10.3 Å². The maximum Gasteiger partial charge on any atom is 0.258 e. The lowest BCUT2D eigenvalue weighted by atomic mass is 9.94. The van der Waals surface area contributed by atoms with Gasteiger partial charge < -0.3 is 0 Å². The van der Waals surface area contributed by atoms with E-state index >= 15 is 0 Å². The molecule has 2 aromatic carbocycles. The highest BCUT2D eigenvalue weighted by atomic mass is 32.2. The fourth-order valence-corrected chi connectivity index (χ4v) is 4.62. The van der Waals surface area contributed by atoms with E-state index in [1.165, 1.54) is 24.3 Å². The lowest BCUT2D eigenvalue weighted by Crippen LogP contribution is -2.39. The van der Waals surface area contributed by atoms with Crippen molar-refractivity contribution in [2.45, 2.75) is 30.2 Å². The van der Waals surface area contributed by atoms with Crippen LogP contribution in [0.5, 0.6) is 0 Å². The Hall–Kier alpha value is -3.17. The summed E-state index contributed by atoms with van der Waals surface area (Å²) in [4.78, 5) is 21.0. The van der Waals surface area contributed by atoms with Crippen LogP contribution < -0.4 is 10.0 Å². The number of sulfonamides is 1. The quantitative estimate of drug-likeness (QED) is 0.653. The number of fused-ring (bicyclic) bond motifs is 1. The van der Waals surface area contributed by atoms with Gasteiger partial charge in [-0.15, -0.1) is 0 Å². The Balaban J connectivity index is 1.43. The molecule has 1 unspecified atom stereocenters. The summed E-state index contributed by atoms with van der Waals surface area (Å²) in [5.41, 5.74) is 1.91. The second kappa shape index (κ2) is 8.29. The van der Waals surface area contributed by atoms with Crippen molar-refractivity contribution in [2.24, 2.45) is 0 Å². The molecule has 154 valence electrons. The SMILES string of the molecule is O=C(Nc1ncc2c(n1)CCC(NS(=O)(=O)c1ccccc1)C2)c1ccc(F)cc1. The molecule has 0 radical (unpaired) electrons. The minimum Gasteiger partial charge on any atom is -0.290 e. The molecule has 3 aromatic rings. The Morgan fingerprint density at radius 2 is 1.80 bits per heavy atom. The van der Waals surface area contributed by atoms with Crippen LogP contribution in [0, 0.1) is 5.82 Å². The smallest absolute Gasteiger partial charge is 0.258 e. The standard InChI is InChI=1S/C21H19FN4O3S/c22-16-8-6-14(7-9-16)20(27)25-21-23-13-15-12-17(10-11-19(15)24-21)26-30(28,29)18-4-2-1-3-5-18/h1-9,13,17,26H,10-12H2,(H,23,24,25,27). The van der Waals surface area contributed by atoms with Crippen molar-refractivity contribution in [1.82, 2.24) is 14.7 Å². The summed E-state index contributed by atoms with van der Waals surface area (Å²) in [5.74, 6) is -0.695. The van der Waals surface area contributed by atoms with E-state index in [0.29, 0.717) is 24.8 Å². The summed E-state index contributed by atoms with van der Waals surface area (Å²) >= 11 is 0. The van der Waals surface area contributed by atoms with Crippen LogP contribution in [0.25, 0.3) is 0 Å². The first-order valence-corrected chi connectivity index (χ1v) is 10.9. The molecule has 1 atom stereocenters. The van der Waals surface area contributed by atoms with Crippen molar-refractivity contribution in [3.05, 3.63) is 83.4 Å². The van der Waals surface area contributed by atoms with Crippen LogP contribution in [-0.4, -0.2) is 30.3 Å². The molecule has 1 aliphatic carbocycles. The first kappa shape index (κ1) is 20.1. The van der Waals surface area contributed by atoms with Crippen LogP contribution >= 0.6 is 0 Å². The maximum absolute atomic E-state index is 13.0. The first-order valence-electron chi connectivity index (χ1n) is 9.40. The van der Waals surface area contributed by atoms with Gasteiger partial charge in [-0.05, 0) is 61.2 Å². The lowest BCUT2D eigenvalue weighted by Gasteiger charge is -2.24. The third-order valence-corrected chi connectivity index (χ3v) is 6.39. The average Bonchev–Trinajstić information content (AvgIpc) is 2.74. The molecule has 0 saturated heterocycles. The van der Waals surface area contributed by atoms with Gasteiger partial charge in [0.25, 0.3) is 5.91 Å². The van der Waals surface area contributed by atoms with E-state index in [2.05, 4.69) is 20.0 Å². The zero-order valence-corrected chi connectivity index (χ0v) is 16.7. The molecule has 1 aromatic heterocycles. The highest BCUT2D eigenvalue weighted by Crippen LogP contribution is 2.22. The van der Waals surface area contributed by atoms with Gasteiger partial charge in [0, 0.05) is 23.5 Å². The third kappa shape index (κ3) is 4.52. The fourth-order valence-electron chi connectivity index (χ4n) is 3.33. The number of hydrogen-bond acceptors (Lipinski definition) is 5. The summed E-state index contributed by atoms with van der Waals surface area (Å²) in [6, 6.07) is 13.2. The molecule has 0 spiro atoms. The highest BCUT2D eigenvalue weighted by molar-refractivity contribution is 7.89. The van der Waals surface area contributed by atoms with Gasteiger partial charge in [0.15, 0.2) is 0 Å². The maximum atomic E-state index is 13.0. The highest BCUT2D eigenvalue weighted by Gasteiger charge is 2.25. The van der Waals surface area contributed by atoms with Crippen LogP contribution in [0.2, 0.25) is 0 Å². The number of carbonyl (C=O) groups is 1. The van der Waals surface area contributed by atoms with E-state index in [1.807, 2.05) is 0 Å². The van der Waals surface area contributed by atoms with Gasteiger partial charge >= 0.3 is 0 Å². The molecular formula is C21H19FN4O3S.